The molecular weight excluding hydrogens is 416 g/mol. The van der Waals surface area contributed by atoms with Crippen molar-refractivity contribution < 1.29 is 14.6 Å². The van der Waals surface area contributed by atoms with Gasteiger partial charge in [-0.1, -0.05) is 75.1 Å². The van der Waals surface area contributed by atoms with Crippen LogP contribution in [0.1, 0.15) is 69.0 Å². The summed E-state index contributed by atoms with van der Waals surface area (Å²) in [5.74, 6) is 0.759. The zero-order chi connectivity index (χ0) is 23.2. The summed E-state index contributed by atoms with van der Waals surface area (Å²) in [5.41, 5.74) is 3.88. The van der Waals surface area contributed by atoms with Crippen LogP contribution in [0.15, 0.2) is 59.5 Å². The number of nitrogens with zero attached hydrogens (tertiary/aromatic N) is 2. The Bertz CT molecular complexity index is 1140. The molecule has 1 N–H and O–H groups in total. The molecule has 2 aromatic carbocycles. The van der Waals surface area contributed by atoms with Crippen LogP contribution in [-0.2, 0) is 13.1 Å². The minimum atomic E-state index is -1.33. The lowest BCUT2D eigenvalue weighted by atomic mass is 9.87. The highest BCUT2D eigenvalue weighted by molar-refractivity contribution is 5.74. The second-order valence-electron chi connectivity index (χ2n) is 8.87. The van der Waals surface area contributed by atoms with Gasteiger partial charge in [0.15, 0.2) is 0 Å². The number of aromatic nitrogens is 2. The fourth-order valence-electron chi connectivity index (χ4n) is 4.78. The van der Waals surface area contributed by atoms with E-state index >= 15 is 0 Å². The molecular formula is C27H32N2O4. The molecule has 0 spiro atoms. The first-order valence-electron chi connectivity index (χ1n) is 12.0. The molecule has 6 heteroatoms. The highest BCUT2D eigenvalue weighted by Gasteiger charge is 2.22. The molecule has 0 bridgehead atoms. The number of hydrogen-bond acceptors (Lipinski definition) is 3. The third-order valence-electron chi connectivity index (χ3n) is 6.54. The van der Waals surface area contributed by atoms with Crippen molar-refractivity contribution in [2.24, 2.45) is 0 Å². The topological polar surface area (TPSA) is 73.5 Å². The number of ether oxygens (including phenoxy) is 1. The van der Waals surface area contributed by atoms with Crippen LogP contribution < -0.4 is 10.4 Å². The van der Waals surface area contributed by atoms with Crippen LogP contribution in [0.3, 0.4) is 0 Å². The fourth-order valence-corrected chi connectivity index (χ4v) is 4.78. The Hall–Kier alpha value is -3.28. The summed E-state index contributed by atoms with van der Waals surface area (Å²) in [5, 5.41) is 9.01. The first-order valence-corrected chi connectivity index (χ1v) is 12.0. The number of carbonyl (C=O) groups is 1. The molecule has 1 fully saturated rings. The van der Waals surface area contributed by atoms with Crippen LogP contribution in [-0.4, -0.2) is 20.4 Å². The number of hydrogen-bond donors (Lipinski definition) is 1. The number of carboxylic acid groups (broad SMARTS) is 1. The number of imidazole rings is 1. The second kappa shape index (κ2) is 10.6. The van der Waals surface area contributed by atoms with Gasteiger partial charge in [-0.3, -0.25) is 9.13 Å². The molecule has 0 aliphatic heterocycles. The van der Waals surface area contributed by atoms with Crippen LogP contribution in [0, 0.1) is 0 Å². The van der Waals surface area contributed by atoms with Gasteiger partial charge in [0.25, 0.3) is 0 Å². The van der Waals surface area contributed by atoms with Crippen LogP contribution in [0.25, 0.3) is 11.1 Å². The Balaban J connectivity index is 1.61. The number of aryl methyl sites for hydroxylation is 1. The molecule has 1 aromatic heterocycles. The van der Waals surface area contributed by atoms with Gasteiger partial charge in [-0.05, 0) is 36.5 Å². The maximum absolute atomic E-state index is 13.2. The van der Waals surface area contributed by atoms with E-state index in [4.69, 9.17) is 9.84 Å². The van der Waals surface area contributed by atoms with Gasteiger partial charge in [0.05, 0.1) is 6.54 Å². The molecule has 0 atom stereocenters. The largest absolute Gasteiger partial charge is 0.511 e. The van der Waals surface area contributed by atoms with Crippen LogP contribution in [0.5, 0.6) is 5.75 Å². The predicted molar refractivity (Wildman–Crippen MR) is 129 cm³/mol. The Labute approximate surface area is 194 Å². The minimum absolute atomic E-state index is 0.0771. The Morgan fingerprint density at radius 2 is 1.79 bits per heavy atom. The third kappa shape index (κ3) is 5.38. The Kier molecular flexibility index (Phi) is 7.33. The van der Waals surface area contributed by atoms with Crippen molar-refractivity contribution in [3.8, 4) is 16.9 Å². The Morgan fingerprint density at radius 1 is 1.06 bits per heavy atom. The molecule has 0 amide bonds. The summed E-state index contributed by atoms with van der Waals surface area (Å²) in [4.78, 5) is 24.2. The van der Waals surface area contributed by atoms with E-state index < -0.39 is 6.16 Å². The monoisotopic (exact) mass is 448 g/mol. The van der Waals surface area contributed by atoms with E-state index in [1.54, 1.807) is 12.1 Å². The van der Waals surface area contributed by atoms with E-state index in [1.807, 2.05) is 45.5 Å². The first-order chi connectivity index (χ1) is 16.1. The van der Waals surface area contributed by atoms with Gasteiger partial charge in [0, 0.05) is 29.9 Å². The van der Waals surface area contributed by atoms with Gasteiger partial charge < -0.3 is 9.84 Å². The smallest absolute Gasteiger partial charge is 0.449 e. The molecule has 174 valence electrons. The number of rotatable bonds is 8. The summed E-state index contributed by atoms with van der Waals surface area (Å²) < 4.78 is 8.78. The van der Waals surface area contributed by atoms with E-state index in [2.05, 4.69) is 13.1 Å². The number of unbranched alkanes of at least 4 members (excludes halogenated alkanes) is 1. The normalized spacial score (nSPS) is 14.3. The van der Waals surface area contributed by atoms with E-state index in [1.165, 1.54) is 25.0 Å². The van der Waals surface area contributed by atoms with Crippen LogP contribution in [0.2, 0.25) is 0 Å². The summed E-state index contributed by atoms with van der Waals surface area (Å²) in [7, 11) is 0. The summed E-state index contributed by atoms with van der Waals surface area (Å²) >= 11 is 0. The van der Waals surface area contributed by atoms with E-state index in [-0.39, 0.29) is 5.69 Å². The molecule has 1 saturated carbocycles. The maximum atomic E-state index is 13.2. The van der Waals surface area contributed by atoms with Crippen molar-refractivity contribution in [3.05, 3.63) is 76.5 Å². The maximum Gasteiger partial charge on any atom is 0.511 e. The fraction of sp³-hybridized carbons (Fsp3) is 0.407. The molecule has 0 saturated heterocycles. The van der Waals surface area contributed by atoms with Crippen LogP contribution in [0.4, 0.5) is 4.79 Å². The lowest BCUT2D eigenvalue weighted by Crippen LogP contribution is -2.26. The molecule has 6 nitrogen and oxygen atoms in total. The lowest BCUT2D eigenvalue weighted by molar-refractivity contribution is 0.144. The van der Waals surface area contributed by atoms with Gasteiger partial charge in [-0.25, -0.2) is 9.59 Å². The van der Waals surface area contributed by atoms with Gasteiger partial charge in [-0.15, -0.1) is 0 Å². The molecule has 1 aliphatic carbocycles. The van der Waals surface area contributed by atoms with Crippen molar-refractivity contribution in [1.82, 2.24) is 9.13 Å². The highest BCUT2D eigenvalue weighted by Crippen LogP contribution is 2.33. The van der Waals surface area contributed by atoms with Gasteiger partial charge in [0.1, 0.15) is 5.75 Å². The third-order valence-corrected chi connectivity index (χ3v) is 6.54. The first kappa shape index (κ1) is 22.9. The van der Waals surface area contributed by atoms with E-state index in [0.29, 0.717) is 18.2 Å². The van der Waals surface area contributed by atoms with Crippen LogP contribution >= 0.6 is 0 Å². The zero-order valence-corrected chi connectivity index (χ0v) is 19.2. The van der Waals surface area contributed by atoms with Crippen molar-refractivity contribution >= 4 is 6.16 Å². The van der Waals surface area contributed by atoms with Crippen molar-refractivity contribution in [3.63, 3.8) is 0 Å². The Morgan fingerprint density at radius 3 is 2.48 bits per heavy atom. The quantitative estimate of drug-likeness (QED) is 0.326. The zero-order valence-electron chi connectivity index (χ0n) is 19.2. The van der Waals surface area contributed by atoms with Gasteiger partial charge in [0.2, 0.25) is 0 Å². The lowest BCUT2D eigenvalue weighted by Gasteiger charge is -2.22. The predicted octanol–water partition coefficient (Wildman–Crippen LogP) is 6.27. The SMILES string of the molecule is CCCCn1cc(C2CCCCC2)n(Cc2ccc(-c3ccccc3OC(=O)O)cc2)c1=O. The highest BCUT2D eigenvalue weighted by atomic mass is 16.7. The average Bonchev–Trinajstić information content (AvgIpc) is 3.14. The second-order valence-corrected chi connectivity index (χ2v) is 8.87. The number of benzene rings is 2. The average molecular weight is 449 g/mol. The summed E-state index contributed by atoms with van der Waals surface area (Å²) in [6, 6.07) is 15.0. The molecule has 1 aliphatic rings. The molecule has 4 rings (SSSR count). The van der Waals surface area contributed by atoms with Crippen molar-refractivity contribution in [2.45, 2.75) is 70.9 Å². The molecule has 1 heterocycles. The molecule has 0 radical (unpaired) electrons. The summed E-state index contributed by atoms with van der Waals surface area (Å²) in [6.07, 6.45) is 8.87. The van der Waals surface area contributed by atoms with E-state index in [9.17, 15) is 9.59 Å². The van der Waals surface area contributed by atoms with Gasteiger partial charge >= 0.3 is 11.8 Å². The molecule has 0 unspecified atom stereocenters. The number of para-hydroxylation sites is 1. The van der Waals surface area contributed by atoms with Crippen molar-refractivity contribution in [2.75, 3.05) is 0 Å². The standard InChI is InChI=1S/C27H32N2O4/c1-2-3-17-28-19-24(22-9-5-4-6-10-22)29(26(28)30)18-20-13-15-21(16-14-20)23-11-7-8-12-25(23)33-27(31)32/h7-8,11-16,19,22H,2-6,9-10,17-18H2,1H3,(H,31,32). The van der Waals surface area contributed by atoms with E-state index in [0.717, 1.165) is 48.9 Å². The summed E-state index contributed by atoms with van der Waals surface area (Å²) in [6.45, 7) is 3.45. The molecule has 33 heavy (non-hydrogen) atoms. The van der Waals surface area contributed by atoms with Crippen molar-refractivity contribution in [1.29, 1.82) is 0 Å². The minimum Gasteiger partial charge on any atom is -0.449 e. The van der Waals surface area contributed by atoms with Gasteiger partial charge in [-0.2, -0.15) is 0 Å². The molecule has 3 aromatic rings.